The van der Waals surface area contributed by atoms with Crippen molar-refractivity contribution in [3.8, 4) is 6.07 Å². The van der Waals surface area contributed by atoms with Gasteiger partial charge in [0.05, 0.1) is 0 Å². The molecule has 1 atom stereocenters. The first-order chi connectivity index (χ1) is 5.82. The van der Waals surface area contributed by atoms with Gasteiger partial charge >= 0.3 is 0 Å². The predicted octanol–water partition coefficient (Wildman–Crippen LogP) is 2.71. The maximum absolute atomic E-state index is 10.9. The number of hydrogen-bond acceptors (Lipinski definition) is 2. The van der Waals surface area contributed by atoms with Crippen molar-refractivity contribution in [2.75, 3.05) is 0 Å². The molecule has 0 spiro atoms. The lowest BCUT2D eigenvalue weighted by Gasteiger charge is -2.31. The summed E-state index contributed by atoms with van der Waals surface area (Å²) in [5.41, 5.74) is 0.970. The van der Waals surface area contributed by atoms with Crippen LogP contribution >= 0.6 is 0 Å². The van der Waals surface area contributed by atoms with Gasteiger partial charge in [-0.1, -0.05) is 32.9 Å². The van der Waals surface area contributed by atoms with Crippen LogP contribution in [0.5, 0.6) is 0 Å². The summed E-state index contributed by atoms with van der Waals surface area (Å²) in [6.45, 7) is 11.9. The van der Waals surface area contributed by atoms with E-state index in [4.69, 9.17) is 5.26 Å². The molecule has 0 aromatic rings. The molecule has 2 nitrogen and oxygen atoms in total. The number of Topliss-reactive ketones (excluding diaryl/α,β-unsaturated/α-hetero) is 1. The molecule has 0 bridgehead atoms. The summed E-state index contributed by atoms with van der Waals surface area (Å²) in [7, 11) is 0. The molecular weight excluding hydrogens is 162 g/mol. The highest BCUT2D eigenvalue weighted by Crippen LogP contribution is 2.35. The maximum Gasteiger partial charge on any atom is 0.232 e. The van der Waals surface area contributed by atoms with Crippen LogP contribution in [-0.2, 0) is 4.79 Å². The van der Waals surface area contributed by atoms with Crippen LogP contribution in [0.1, 0.15) is 34.1 Å². The van der Waals surface area contributed by atoms with Gasteiger partial charge in [0.25, 0.3) is 0 Å². The second kappa shape index (κ2) is 4.23. The fourth-order valence-corrected chi connectivity index (χ4v) is 1.000. The smallest absolute Gasteiger partial charge is 0.232 e. The Morgan fingerprint density at radius 3 is 2.38 bits per heavy atom. The van der Waals surface area contributed by atoms with Crippen LogP contribution in [0.15, 0.2) is 12.2 Å². The second-order valence-corrected chi connectivity index (χ2v) is 4.14. The largest absolute Gasteiger partial charge is 0.283 e. The standard InChI is InChI=1S/C11H17NO/c1-8(2)11(4,5)9(3)6-10(13)7-12/h9H,1,6H2,2-5H3. The summed E-state index contributed by atoms with van der Waals surface area (Å²) in [5, 5.41) is 8.37. The summed E-state index contributed by atoms with van der Waals surface area (Å²) in [4.78, 5) is 10.9. The molecule has 0 heterocycles. The fourth-order valence-electron chi connectivity index (χ4n) is 1.000. The van der Waals surface area contributed by atoms with E-state index in [0.29, 0.717) is 6.42 Å². The Balaban J connectivity index is 4.44. The first-order valence-corrected chi connectivity index (χ1v) is 4.41. The van der Waals surface area contributed by atoms with Gasteiger partial charge in [0.2, 0.25) is 5.78 Å². The average molecular weight is 179 g/mol. The third-order valence-electron chi connectivity index (χ3n) is 2.95. The second-order valence-electron chi connectivity index (χ2n) is 4.14. The molecule has 0 aliphatic carbocycles. The van der Waals surface area contributed by atoms with Crippen molar-refractivity contribution < 1.29 is 4.79 Å². The number of nitriles is 1. The van der Waals surface area contributed by atoms with Crippen molar-refractivity contribution in [2.24, 2.45) is 11.3 Å². The van der Waals surface area contributed by atoms with Gasteiger partial charge in [0.1, 0.15) is 6.07 Å². The van der Waals surface area contributed by atoms with Crippen LogP contribution in [0.4, 0.5) is 0 Å². The summed E-state index contributed by atoms with van der Waals surface area (Å²) in [5.74, 6) is -0.182. The van der Waals surface area contributed by atoms with E-state index in [0.717, 1.165) is 5.57 Å². The molecule has 0 saturated carbocycles. The Labute approximate surface area is 80.3 Å². The highest BCUT2D eigenvalue weighted by Gasteiger charge is 2.28. The Morgan fingerprint density at radius 1 is 1.62 bits per heavy atom. The molecule has 0 aromatic heterocycles. The van der Waals surface area contributed by atoms with E-state index in [1.807, 2.05) is 27.7 Å². The molecule has 0 fully saturated rings. The number of hydrogen-bond donors (Lipinski definition) is 0. The quantitative estimate of drug-likeness (QED) is 0.491. The first-order valence-electron chi connectivity index (χ1n) is 4.41. The molecule has 13 heavy (non-hydrogen) atoms. The van der Waals surface area contributed by atoms with Crippen LogP contribution in [0.3, 0.4) is 0 Å². The zero-order valence-corrected chi connectivity index (χ0v) is 8.85. The SMILES string of the molecule is C=C(C)C(C)(C)C(C)CC(=O)C#N. The molecule has 0 aromatic carbocycles. The molecule has 2 heteroatoms. The topological polar surface area (TPSA) is 40.9 Å². The van der Waals surface area contributed by atoms with E-state index >= 15 is 0 Å². The third kappa shape index (κ3) is 3.02. The van der Waals surface area contributed by atoms with Gasteiger partial charge in [-0.05, 0) is 18.3 Å². The minimum atomic E-state index is -0.346. The first kappa shape index (κ1) is 11.9. The van der Waals surface area contributed by atoms with Crippen LogP contribution in [0.25, 0.3) is 0 Å². The molecule has 0 N–H and O–H groups in total. The number of ketones is 1. The van der Waals surface area contributed by atoms with Crippen molar-refractivity contribution >= 4 is 5.78 Å². The number of nitrogens with zero attached hydrogens (tertiary/aromatic N) is 1. The van der Waals surface area contributed by atoms with Gasteiger partial charge in [0, 0.05) is 6.42 Å². The Kier molecular flexibility index (Phi) is 3.87. The van der Waals surface area contributed by atoms with Gasteiger partial charge in [-0.2, -0.15) is 5.26 Å². The van der Waals surface area contributed by atoms with Gasteiger partial charge in [0.15, 0.2) is 0 Å². The van der Waals surface area contributed by atoms with Crippen LogP contribution < -0.4 is 0 Å². The Morgan fingerprint density at radius 2 is 2.08 bits per heavy atom. The summed E-state index contributed by atoms with van der Waals surface area (Å²) >= 11 is 0. The highest BCUT2D eigenvalue weighted by atomic mass is 16.1. The monoisotopic (exact) mass is 179 g/mol. The van der Waals surface area contributed by atoms with Gasteiger partial charge in [-0.25, -0.2) is 0 Å². The molecule has 72 valence electrons. The molecule has 0 aliphatic heterocycles. The lowest BCUT2D eigenvalue weighted by molar-refractivity contribution is -0.115. The lowest BCUT2D eigenvalue weighted by atomic mass is 9.73. The zero-order valence-electron chi connectivity index (χ0n) is 8.85. The van der Waals surface area contributed by atoms with Crippen LogP contribution in [0.2, 0.25) is 0 Å². The highest BCUT2D eigenvalue weighted by molar-refractivity contribution is 5.93. The minimum Gasteiger partial charge on any atom is -0.283 e. The van der Waals surface area contributed by atoms with Crippen molar-refractivity contribution in [1.29, 1.82) is 5.26 Å². The molecule has 0 rings (SSSR count). The normalized spacial score (nSPS) is 13.2. The molecule has 0 amide bonds. The van der Waals surface area contributed by atoms with Gasteiger partial charge < -0.3 is 0 Å². The fraction of sp³-hybridized carbons (Fsp3) is 0.636. The van der Waals surface area contributed by atoms with E-state index in [9.17, 15) is 4.79 Å². The number of carbonyl (C=O) groups is 1. The summed E-state index contributed by atoms with van der Waals surface area (Å²) < 4.78 is 0. The summed E-state index contributed by atoms with van der Waals surface area (Å²) in [6.07, 6.45) is 0.316. The van der Waals surface area contributed by atoms with Crippen LogP contribution in [0, 0.1) is 22.7 Å². The van der Waals surface area contributed by atoms with Crippen molar-refractivity contribution in [1.82, 2.24) is 0 Å². The van der Waals surface area contributed by atoms with Crippen molar-refractivity contribution in [3.05, 3.63) is 12.2 Å². The molecule has 0 aliphatic rings. The van der Waals surface area contributed by atoms with E-state index in [2.05, 4.69) is 6.58 Å². The molecule has 0 saturated heterocycles. The number of carbonyl (C=O) groups excluding carboxylic acids is 1. The Hall–Kier alpha value is -1.10. The van der Waals surface area contributed by atoms with E-state index in [1.165, 1.54) is 0 Å². The maximum atomic E-state index is 10.9. The minimum absolute atomic E-state index is 0.0769. The van der Waals surface area contributed by atoms with E-state index in [1.54, 1.807) is 6.07 Å². The van der Waals surface area contributed by atoms with E-state index in [-0.39, 0.29) is 17.1 Å². The Bertz CT molecular complexity index is 258. The molecular formula is C11H17NO. The molecule has 0 radical (unpaired) electrons. The number of rotatable bonds is 4. The molecule has 1 unspecified atom stereocenters. The van der Waals surface area contributed by atoms with Crippen molar-refractivity contribution in [3.63, 3.8) is 0 Å². The van der Waals surface area contributed by atoms with Crippen molar-refractivity contribution in [2.45, 2.75) is 34.1 Å². The number of allylic oxidation sites excluding steroid dienone is 1. The summed E-state index contributed by atoms with van der Waals surface area (Å²) in [6, 6.07) is 1.64. The third-order valence-corrected chi connectivity index (χ3v) is 2.95. The lowest BCUT2D eigenvalue weighted by Crippen LogP contribution is -2.24. The zero-order chi connectivity index (χ0) is 10.6. The van der Waals surface area contributed by atoms with Gasteiger partial charge in [-0.15, -0.1) is 0 Å². The average Bonchev–Trinajstić information content (AvgIpc) is 2.03. The van der Waals surface area contributed by atoms with Gasteiger partial charge in [-0.3, -0.25) is 4.79 Å². The van der Waals surface area contributed by atoms with E-state index < -0.39 is 0 Å². The predicted molar refractivity (Wildman–Crippen MR) is 53.0 cm³/mol. The van der Waals surface area contributed by atoms with Crippen LogP contribution in [-0.4, -0.2) is 5.78 Å².